The summed E-state index contributed by atoms with van der Waals surface area (Å²) in [6, 6.07) is 5.77. The average Bonchev–Trinajstić information content (AvgIpc) is 3.01. The summed E-state index contributed by atoms with van der Waals surface area (Å²) in [5.74, 6) is 0.497. The van der Waals surface area contributed by atoms with Crippen molar-refractivity contribution in [1.82, 2.24) is 10.2 Å². The molecule has 5 heteroatoms. The van der Waals surface area contributed by atoms with Gasteiger partial charge in [-0.05, 0) is 38.1 Å². The van der Waals surface area contributed by atoms with E-state index in [2.05, 4.69) is 17.3 Å². The number of hydrogen-bond donors (Lipinski definition) is 2. The van der Waals surface area contributed by atoms with Crippen LogP contribution in [0.15, 0.2) is 18.2 Å². The molecule has 21 heavy (non-hydrogen) atoms. The molecule has 0 radical (unpaired) electrons. The number of rotatable bonds is 6. The third-order valence-electron chi connectivity index (χ3n) is 4.19. The second-order valence-electron chi connectivity index (χ2n) is 5.63. The van der Waals surface area contributed by atoms with E-state index in [4.69, 9.17) is 10.5 Å². The highest BCUT2D eigenvalue weighted by Crippen LogP contribution is 2.22. The summed E-state index contributed by atoms with van der Waals surface area (Å²) in [5, 5.41) is 2.94. The molecule has 0 aliphatic heterocycles. The topological polar surface area (TPSA) is 67.6 Å². The molecule has 1 amide bonds. The maximum Gasteiger partial charge on any atom is 0.251 e. The van der Waals surface area contributed by atoms with Crippen LogP contribution in [0.2, 0.25) is 0 Å². The molecular formula is C16H25N3O2. The second kappa shape index (κ2) is 7.31. The number of anilines is 1. The standard InChI is InChI=1S/C16H25N3O2/c1-19(13-5-3-4-6-13)10-9-18-16(20)12-7-8-15(21-2)14(17)11-12/h7-8,11,13H,3-6,9-10,17H2,1-2H3,(H,18,20). The van der Waals surface area contributed by atoms with Crippen molar-refractivity contribution in [2.45, 2.75) is 31.7 Å². The predicted octanol–water partition coefficient (Wildman–Crippen LogP) is 1.88. The average molecular weight is 291 g/mol. The minimum Gasteiger partial charge on any atom is -0.495 e. The lowest BCUT2D eigenvalue weighted by Crippen LogP contribution is -2.37. The first-order chi connectivity index (χ1) is 10.1. The SMILES string of the molecule is COc1ccc(C(=O)NCCN(C)C2CCCC2)cc1N. The fraction of sp³-hybridized carbons (Fsp3) is 0.562. The summed E-state index contributed by atoms with van der Waals surface area (Å²) >= 11 is 0. The Morgan fingerprint density at radius 3 is 2.76 bits per heavy atom. The molecule has 0 spiro atoms. The van der Waals surface area contributed by atoms with Crippen LogP contribution >= 0.6 is 0 Å². The van der Waals surface area contributed by atoms with Crippen LogP contribution in [-0.4, -0.2) is 44.1 Å². The number of nitrogens with zero attached hydrogens (tertiary/aromatic N) is 1. The van der Waals surface area contributed by atoms with Gasteiger partial charge in [0, 0.05) is 24.7 Å². The van der Waals surface area contributed by atoms with Crippen LogP contribution in [-0.2, 0) is 0 Å². The fourth-order valence-electron chi connectivity index (χ4n) is 2.85. The first-order valence-electron chi connectivity index (χ1n) is 7.53. The van der Waals surface area contributed by atoms with Crippen molar-refractivity contribution in [2.75, 3.05) is 33.0 Å². The number of nitrogens with two attached hydrogens (primary N) is 1. The van der Waals surface area contributed by atoms with E-state index in [1.807, 2.05) is 0 Å². The molecule has 1 aromatic rings. The molecule has 5 nitrogen and oxygen atoms in total. The normalized spacial score (nSPS) is 15.4. The molecule has 0 heterocycles. The minimum absolute atomic E-state index is 0.0934. The Bertz CT molecular complexity index is 484. The van der Waals surface area contributed by atoms with Crippen molar-refractivity contribution >= 4 is 11.6 Å². The van der Waals surface area contributed by atoms with Gasteiger partial charge in [-0.2, -0.15) is 0 Å². The summed E-state index contributed by atoms with van der Waals surface area (Å²) in [5.41, 5.74) is 6.86. The van der Waals surface area contributed by atoms with Gasteiger partial charge in [0.15, 0.2) is 0 Å². The largest absolute Gasteiger partial charge is 0.495 e. The van der Waals surface area contributed by atoms with Gasteiger partial charge in [-0.1, -0.05) is 12.8 Å². The van der Waals surface area contributed by atoms with E-state index >= 15 is 0 Å². The van der Waals surface area contributed by atoms with Gasteiger partial charge >= 0.3 is 0 Å². The molecule has 0 bridgehead atoms. The molecule has 116 valence electrons. The van der Waals surface area contributed by atoms with Crippen LogP contribution in [0.5, 0.6) is 5.75 Å². The number of likely N-dealkylation sites (N-methyl/N-ethyl adjacent to an activating group) is 1. The van der Waals surface area contributed by atoms with Gasteiger partial charge in [0.2, 0.25) is 0 Å². The number of nitrogens with one attached hydrogen (secondary N) is 1. The zero-order valence-electron chi connectivity index (χ0n) is 12.9. The summed E-state index contributed by atoms with van der Waals surface area (Å²) in [6.07, 6.45) is 5.21. The molecule has 1 aromatic carbocycles. The van der Waals surface area contributed by atoms with Crippen LogP contribution in [0.25, 0.3) is 0 Å². The lowest BCUT2D eigenvalue weighted by Gasteiger charge is -2.23. The Morgan fingerprint density at radius 2 is 2.14 bits per heavy atom. The number of ether oxygens (including phenoxy) is 1. The maximum absolute atomic E-state index is 12.1. The predicted molar refractivity (Wildman–Crippen MR) is 84.6 cm³/mol. The van der Waals surface area contributed by atoms with Crippen LogP contribution in [0, 0.1) is 0 Å². The molecule has 0 saturated heterocycles. The van der Waals surface area contributed by atoms with Gasteiger partial charge in [-0.25, -0.2) is 0 Å². The number of carbonyl (C=O) groups excluding carboxylic acids is 1. The number of amides is 1. The van der Waals surface area contributed by atoms with E-state index in [-0.39, 0.29) is 5.91 Å². The van der Waals surface area contributed by atoms with E-state index < -0.39 is 0 Å². The first kappa shape index (κ1) is 15.6. The van der Waals surface area contributed by atoms with Gasteiger partial charge < -0.3 is 20.7 Å². The Balaban J connectivity index is 1.80. The minimum atomic E-state index is -0.0934. The lowest BCUT2D eigenvalue weighted by atomic mass is 10.1. The van der Waals surface area contributed by atoms with Gasteiger partial charge in [-0.3, -0.25) is 4.79 Å². The number of hydrogen-bond acceptors (Lipinski definition) is 4. The van der Waals surface area contributed by atoms with Crippen molar-refractivity contribution in [3.05, 3.63) is 23.8 Å². The number of methoxy groups -OCH3 is 1. The Morgan fingerprint density at radius 1 is 1.43 bits per heavy atom. The van der Waals surface area contributed by atoms with E-state index in [1.165, 1.54) is 25.7 Å². The second-order valence-corrected chi connectivity index (χ2v) is 5.63. The van der Waals surface area contributed by atoms with Crippen LogP contribution in [0.3, 0.4) is 0 Å². The lowest BCUT2D eigenvalue weighted by molar-refractivity contribution is 0.0947. The van der Waals surface area contributed by atoms with Crippen molar-refractivity contribution in [3.63, 3.8) is 0 Å². The summed E-state index contributed by atoms with van der Waals surface area (Å²) in [7, 11) is 3.69. The maximum atomic E-state index is 12.1. The molecule has 0 atom stereocenters. The van der Waals surface area contributed by atoms with Crippen molar-refractivity contribution in [3.8, 4) is 5.75 Å². The Labute approximate surface area is 126 Å². The van der Waals surface area contributed by atoms with Crippen molar-refractivity contribution in [1.29, 1.82) is 0 Å². The van der Waals surface area contributed by atoms with Gasteiger partial charge in [-0.15, -0.1) is 0 Å². The number of carbonyl (C=O) groups is 1. The molecule has 1 fully saturated rings. The molecule has 2 rings (SSSR count). The summed E-state index contributed by atoms with van der Waals surface area (Å²) in [6.45, 7) is 1.53. The summed E-state index contributed by atoms with van der Waals surface area (Å²) < 4.78 is 5.09. The third kappa shape index (κ3) is 4.11. The zero-order valence-corrected chi connectivity index (χ0v) is 12.9. The first-order valence-corrected chi connectivity index (χ1v) is 7.53. The molecule has 3 N–H and O–H groups in total. The third-order valence-corrected chi connectivity index (χ3v) is 4.19. The van der Waals surface area contributed by atoms with Gasteiger partial charge in [0.25, 0.3) is 5.91 Å². The van der Waals surface area contributed by atoms with E-state index in [0.29, 0.717) is 29.6 Å². The monoisotopic (exact) mass is 291 g/mol. The van der Waals surface area contributed by atoms with E-state index in [0.717, 1.165) is 6.54 Å². The van der Waals surface area contributed by atoms with Crippen LogP contribution in [0.1, 0.15) is 36.0 Å². The molecule has 0 aromatic heterocycles. The highest BCUT2D eigenvalue weighted by atomic mass is 16.5. The van der Waals surface area contributed by atoms with Crippen molar-refractivity contribution in [2.24, 2.45) is 0 Å². The highest BCUT2D eigenvalue weighted by Gasteiger charge is 2.19. The highest BCUT2D eigenvalue weighted by molar-refractivity contribution is 5.95. The van der Waals surface area contributed by atoms with Crippen LogP contribution in [0.4, 0.5) is 5.69 Å². The van der Waals surface area contributed by atoms with E-state index in [9.17, 15) is 4.79 Å². The molecule has 1 aliphatic carbocycles. The smallest absolute Gasteiger partial charge is 0.251 e. The molecule has 1 saturated carbocycles. The van der Waals surface area contributed by atoms with Crippen molar-refractivity contribution < 1.29 is 9.53 Å². The van der Waals surface area contributed by atoms with Gasteiger partial charge in [0.05, 0.1) is 12.8 Å². The molecular weight excluding hydrogens is 266 g/mol. The zero-order chi connectivity index (χ0) is 15.2. The quantitative estimate of drug-likeness (QED) is 0.785. The fourth-order valence-corrected chi connectivity index (χ4v) is 2.85. The van der Waals surface area contributed by atoms with Gasteiger partial charge in [0.1, 0.15) is 5.75 Å². The summed E-state index contributed by atoms with van der Waals surface area (Å²) in [4.78, 5) is 14.4. The number of nitrogen functional groups attached to an aromatic ring is 1. The Kier molecular flexibility index (Phi) is 5.44. The van der Waals surface area contributed by atoms with Crippen LogP contribution < -0.4 is 15.8 Å². The molecule has 0 unspecified atom stereocenters. The number of benzene rings is 1. The molecule has 1 aliphatic rings. The van der Waals surface area contributed by atoms with E-state index in [1.54, 1.807) is 25.3 Å². The Hall–Kier alpha value is -1.75.